The summed E-state index contributed by atoms with van der Waals surface area (Å²) in [7, 11) is 3.88. The number of carbonyl (C=O) groups excluding carboxylic acids is 3. The first-order valence-electron chi connectivity index (χ1n) is 23.6. The Balaban J connectivity index is 0.769. The number of nitrogens with one attached hydrogen (secondary N) is 3. The molecule has 3 N–H and O–H groups in total. The summed E-state index contributed by atoms with van der Waals surface area (Å²) in [6.45, 7) is 9.93. The predicted octanol–water partition coefficient (Wildman–Crippen LogP) is 7.03. The highest BCUT2D eigenvalue weighted by Gasteiger charge is 2.32. The van der Waals surface area contributed by atoms with E-state index in [2.05, 4.69) is 73.6 Å². The van der Waals surface area contributed by atoms with Crippen molar-refractivity contribution in [1.82, 2.24) is 44.0 Å². The SMILES string of the molecule is CCC(C)CNc1cc(-c2nc(C(=O)Nc3cn(C4CCC(CN(C)CC5CCN(CCC#Cc6cccc7c6n(C)c(=O)n7C6CCC(=O)NC6=O)CC5)CC4)nc3C(F)F)co2)ccn1. The number of amides is 3. The summed E-state index contributed by atoms with van der Waals surface area (Å²) in [6.07, 6.45) is 9.48. The summed E-state index contributed by atoms with van der Waals surface area (Å²) in [6, 6.07) is 8.30. The standard InChI is InChI=1S/C49H61F2N11O5/c1-5-31(2)26-53-41-25-35(18-21-52-41)48-55-38(30-67-48)46(64)54-37-29-61(57-43(37)45(50)51)36-14-12-32(13-15-36)27-58(3)28-33-19-23-60(24-20-33)22-7-6-9-34-10-8-11-39-44(34)59(4)49(66)62(39)40-16-17-42(63)56-47(40)65/h8,10-11,18,21,25,29-33,36,40,45H,5,7,12-17,19-20,22-24,26-28H2,1-4H3,(H,52,53)(H,54,64)(H,56,63,65). The molecule has 3 amide bonds. The van der Waals surface area contributed by atoms with Gasteiger partial charge in [-0.2, -0.15) is 5.10 Å². The number of hydrogen-bond acceptors (Lipinski definition) is 11. The fourth-order valence-corrected chi connectivity index (χ4v) is 9.71. The molecule has 5 aromatic rings. The summed E-state index contributed by atoms with van der Waals surface area (Å²) in [4.78, 5) is 64.4. The number of piperidine rings is 2. The summed E-state index contributed by atoms with van der Waals surface area (Å²) < 4.78 is 38.7. The molecule has 8 rings (SSSR count). The van der Waals surface area contributed by atoms with Crippen LogP contribution in [0.4, 0.5) is 20.3 Å². The van der Waals surface area contributed by atoms with Gasteiger partial charge in [0.25, 0.3) is 12.3 Å². The summed E-state index contributed by atoms with van der Waals surface area (Å²) in [5.41, 5.74) is 1.84. The van der Waals surface area contributed by atoms with Crippen LogP contribution in [0.2, 0.25) is 0 Å². The second kappa shape index (κ2) is 21.2. The van der Waals surface area contributed by atoms with Crippen LogP contribution in [0.3, 0.4) is 0 Å². The number of nitrogens with zero attached hydrogens (tertiary/aromatic N) is 8. The normalized spacial score (nSPS) is 20.0. The zero-order valence-corrected chi connectivity index (χ0v) is 38.8. The van der Waals surface area contributed by atoms with Gasteiger partial charge in [-0.25, -0.2) is 23.5 Å². The lowest BCUT2D eigenvalue weighted by atomic mass is 9.85. The first-order chi connectivity index (χ1) is 32.3. The number of halogens is 2. The Bertz CT molecular complexity index is 2680. The molecule has 2 saturated heterocycles. The van der Waals surface area contributed by atoms with E-state index < -0.39 is 30.0 Å². The van der Waals surface area contributed by atoms with Gasteiger partial charge in [0.2, 0.25) is 17.7 Å². The van der Waals surface area contributed by atoms with E-state index >= 15 is 0 Å². The van der Waals surface area contributed by atoms with Crippen LogP contribution in [0.25, 0.3) is 22.5 Å². The van der Waals surface area contributed by atoms with Crippen LogP contribution in [0.1, 0.15) is 118 Å². The first-order valence-corrected chi connectivity index (χ1v) is 23.6. The van der Waals surface area contributed by atoms with Crippen molar-refractivity contribution in [1.29, 1.82) is 0 Å². The maximum absolute atomic E-state index is 14.2. The molecule has 6 heterocycles. The van der Waals surface area contributed by atoms with Gasteiger partial charge in [-0.15, -0.1) is 0 Å². The van der Waals surface area contributed by atoms with Crippen molar-refractivity contribution in [3.63, 3.8) is 0 Å². The van der Waals surface area contributed by atoms with E-state index in [1.807, 2.05) is 18.2 Å². The zero-order chi connectivity index (χ0) is 47.2. The molecule has 16 nitrogen and oxygen atoms in total. The maximum atomic E-state index is 14.2. The van der Waals surface area contributed by atoms with Crippen molar-refractivity contribution in [2.75, 3.05) is 56.9 Å². The van der Waals surface area contributed by atoms with Gasteiger partial charge in [-0.1, -0.05) is 38.2 Å². The number of imidazole rings is 1. The number of hydrogen-bond donors (Lipinski definition) is 3. The van der Waals surface area contributed by atoms with E-state index in [0.717, 1.165) is 89.8 Å². The number of oxazole rings is 1. The van der Waals surface area contributed by atoms with Gasteiger partial charge in [0.05, 0.1) is 28.3 Å². The molecule has 0 spiro atoms. The number of para-hydroxylation sites is 1. The van der Waals surface area contributed by atoms with Crippen molar-refractivity contribution in [3.05, 3.63) is 76.4 Å². The van der Waals surface area contributed by atoms with Gasteiger partial charge in [0, 0.05) is 64.0 Å². The fourth-order valence-electron chi connectivity index (χ4n) is 9.71. The van der Waals surface area contributed by atoms with Crippen molar-refractivity contribution < 1.29 is 27.6 Å². The molecular formula is C49H61F2N11O5. The average Bonchev–Trinajstić information content (AvgIpc) is 4.05. The predicted molar refractivity (Wildman–Crippen MR) is 251 cm³/mol. The first kappa shape index (κ1) is 47.3. The van der Waals surface area contributed by atoms with Crippen LogP contribution in [0, 0.1) is 29.6 Å². The molecule has 356 valence electrons. The number of aromatic nitrogens is 6. The molecule has 0 bridgehead atoms. The number of carbonyl (C=O) groups is 3. The minimum absolute atomic E-state index is 0.0319. The van der Waals surface area contributed by atoms with Gasteiger partial charge >= 0.3 is 5.69 Å². The second-order valence-electron chi connectivity index (χ2n) is 18.6. The Morgan fingerprint density at radius 3 is 2.54 bits per heavy atom. The number of benzene rings is 1. The van der Waals surface area contributed by atoms with Crippen LogP contribution in [0.15, 0.2) is 58.2 Å². The highest BCUT2D eigenvalue weighted by Crippen LogP contribution is 2.36. The zero-order valence-electron chi connectivity index (χ0n) is 38.8. The van der Waals surface area contributed by atoms with Crippen LogP contribution in [-0.4, -0.2) is 103 Å². The molecule has 1 aliphatic carbocycles. The van der Waals surface area contributed by atoms with Gasteiger partial charge in [-0.05, 0) is 107 Å². The van der Waals surface area contributed by atoms with E-state index in [1.54, 1.807) is 30.1 Å². The van der Waals surface area contributed by atoms with Gasteiger partial charge in [0.15, 0.2) is 11.4 Å². The largest absolute Gasteiger partial charge is 0.444 e. The third-order valence-corrected chi connectivity index (χ3v) is 13.7. The molecule has 2 aliphatic heterocycles. The molecule has 67 heavy (non-hydrogen) atoms. The molecule has 2 atom stereocenters. The van der Waals surface area contributed by atoms with Crippen LogP contribution >= 0.6 is 0 Å². The maximum Gasteiger partial charge on any atom is 0.329 e. The highest BCUT2D eigenvalue weighted by atomic mass is 19.3. The van der Waals surface area contributed by atoms with Gasteiger partial charge in [0.1, 0.15) is 18.1 Å². The Hall–Kier alpha value is -6.19. The average molecular weight is 922 g/mol. The van der Waals surface area contributed by atoms with Crippen molar-refractivity contribution in [3.8, 4) is 23.3 Å². The molecule has 2 unspecified atom stereocenters. The highest BCUT2D eigenvalue weighted by molar-refractivity contribution is 6.03. The monoisotopic (exact) mass is 921 g/mol. The molecule has 1 saturated carbocycles. The van der Waals surface area contributed by atoms with E-state index in [1.165, 1.54) is 21.6 Å². The van der Waals surface area contributed by atoms with Crippen LogP contribution in [-0.2, 0) is 16.6 Å². The summed E-state index contributed by atoms with van der Waals surface area (Å²) in [5.74, 6) is 7.62. The third-order valence-electron chi connectivity index (χ3n) is 13.7. The Labute approximate surface area is 388 Å². The second-order valence-corrected chi connectivity index (χ2v) is 18.6. The van der Waals surface area contributed by atoms with Crippen molar-refractivity contribution in [2.45, 2.75) is 96.6 Å². The Morgan fingerprint density at radius 2 is 1.81 bits per heavy atom. The minimum atomic E-state index is -2.87. The third kappa shape index (κ3) is 11.2. The van der Waals surface area contributed by atoms with Crippen LogP contribution in [0.5, 0.6) is 0 Å². The number of rotatable bonds is 16. The van der Waals surface area contributed by atoms with E-state index in [0.29, 0.717) is 46.6 Å². The van der Waals surface area contributed by atoms with E-state index in [4.69, 9.17) is 4.42 Å². The van der Waals surface area contributed by atoms with Gasteiger partial charge < -0.3 is 24.9 Å². The van der Waals surface area contributed by atoms with Crippen molar-refractivity contribution in [2.24, 2.45) is 24.8 Å². The molecule has 0 radical (unpaired) electrons. The van der Waals surface area contributed by atoms with Gasteiger partial charge in [-0.3, -0.25) is 33.5 Å². The topological polar surface area (TPSA) is 177 Å². The molecule has 18 heteroatoms. The van der Waals surface area contributed by atoms with E-state index in [-0.39, 0.29) is 47.8 Å². The lowest BCUT2D eigenvalue weighted by molar-refractivity contribution is -0.135. The molecular weight excluding hydrogens is 861 g/mol. The lowest BCUT2D eigenvalue weighted by Gasteiger charge is -2.35. The van der Waals surface area contributed by atoms with Crippen LogP contribution < -0.4 is 21.6 Å². The minimum Gasteiger partial charge on any atom is -0.444 e. The summed E-state index contributed by atoms with van der Waals surface area (Å²) in [5, 5.41) is 12.5. The number of aryl methyl sites for hydroxylation is 1. The molecule has 4 aromatic heterocycles. The smallest absolute Gasteiger partial charge is 0.329 e. The Kier molecular flexibility index (Phi) is 15.0. The molecule has 1 aromatic carbocycles. The number of imide groups is 1. The van der Waals surface area contributed by atoms with E-state index in [9.17, 15) is 28.0 Å². The molecule has 3 aliphatic rings. The molecule has 3 fully saturated rings. The fraction of sp³-hybridized carbons (Fsp3) is 0.531. The Morgan fingerprint density at radius 1 is 1.04 bits per heavy atom. The number of likely N-dealkylation sites (tertiary alicyclic amines) is 1. The van der Waals surface area contributed by atoms with Crippen molar-refractivity contribution >= 4 is 40.3 Å². The number of anilines is 2. The summed E-state index contributed by atoms with van der Waals surface area (Å²) >= 11 is 0. The number of alkyl halides is 2. The number of fused-ring (bicyclic) bond motifs is 1. The lowest BCUT2D eigenvalue weighted by Crippen LogP contribution is -2.44. The quantitative estimate of drug-likeness (QED) is 0.0684. The number of pyridine rings is 1.